The van der Waals surface area contributed by atoms with Gasteiger partial charge in [0.1, 0.15) is 5.75 Å². The van der Waals surface area contributed by atoms with Crippen molar-refractivity contribution in [3.63, 3.8) is 0 Å². The average Bonchev–Trinajstić information content (AvgIpc) is 2.50. The molecule has 1 heterocycles. The number of carbonyl (C=O) groups is 1. The third kappa shape index (κ3) is 4.77. The van der Waals surface area contributed by atoms with Gasteiger partial charge >= 0.3 is 12.2 Å². The molecule has 8 heteroatoms. The quantitative estimate of drug-likeness (QED) is 0.916. The maximum atomic E-state index is 12.5. The Kier molecular flexibility index (Phi) is 5.58. The molecule has 1 aromatic carbocycles. The van der Waals surface area contributed by atoms with Gasteiger partial charge in [-0.1, -0.05) is 6.07 Å². The highest BCUT2D eigenvalue weighted by Gasteiger charge is 2.35. The SMILES string of the molecule is COc1ccc(C)c(NC(=O)N2CCN(CC(F)(F)F)C(C)C2)c1. The van der Waals surface area contributed by atoms with Crippen LogP contribution in [-0.2, 0) is 0 Å². The number of rotatable bonds is 3. The summed E-state index contributed by atoms with van der Waals surface area (Å²) in [6.07, 6.45) is -4.23. The summed E-state index contributed by atoms with van der Waals surface area (Å²) in [6, 6.07) is 4.68. The highest BCUT2D eigenvalue weighted by molar-refractivity contribution is 5.90. The third-order valence-corrected chi connectivity index (χ3v) is 4.12. The highest BCUT2D eigenvalue weighted by Crippen LogP contribution is 2.23. The molecule has 2 rings (SSSR count). The van der Waals surface area contributed by atoms with Crippen molar-refractivity contribution in [3.8, 4) is 5.75 Å². The lowest BCUT2D eigenvalue weighted by molar-refractivity contribution is -0.153. The van der Waals surface area contributed by atoms with Crippen LogP contribution in [0.4, 0.5) is 23.7 Å². The average molecular weight is 345 g/mol. The van der Waals surface area contributed by atoms with E-state index in [1.807, 2.05) is 13.0 Å². The zero-order valence-corrected chi connectivity index (χ0v) is 14.0. The van der Waals surface area contributed by atoms with E-state index in [9.17, 15) is 18.0 Å². The normalized spacial score (nSPS) is 19.2. The Morgan fingerprint density at radius 1 is 1.38 bits per heavy atom. The van der Waals surface area contributed by atoms with Crippen molar-refractivity contribution in [2.24, 2.45) is 0 Å². The van der Waals surface area contributed by atoms with E-state index in [4.69, 9.17) is 4.74 Å². The molecule has 1 saturated heterocycles. The molecule has 0 saturated carbocycles. The molecule has 1 aliphatic rings. The molecule has 1 unspecified atom stereocenters. The van der Waals surface area contributed by atoms with Crippen LogP contribution in [0.25, 0.3) is 0 Å². The molecule has 24 heavy (non-hydrogen) atoms. The van der Waals surface area contributed by atoms with Crippen molar-refractivity contribution >= 4 is 11.7 Å². The molecule has 1 N–H and O–H groups in total. The first kappa shape index (κ1) is 18.4. The molecule has 134 valence electrons. The van der Waals surface area contributed by atoms with Gasteiger partial charge in [0.05, 0.1) is 13.7 Å². The summed E-state index contributed by atoms with van der Waals surface area (Å²) >= 11 is 0. The Labute approximate surface area is 139 Å². The highest BCUT2D eigenvalue weighted by atomic mass is 19.4. The molecular weight excluding hydrogens is 323 g/mol. The van der Waals surface area contributed by atoms with Crippen molar-refractivity contribution < 1.29 is 22.7 Å². The van der Waals surface area contributed by atoms with Crippen molar-refractivity contribution in [2.75, 3.05) is 38.6 Å². The monoisotopic (exact) mass is 345 g/mol. The molecule has 0 bridgehead atoms. The van der Waals surface area contributed by atoms with Crippen LogP contribution in [0.1, 0.15) is 12.5 Å². The number of nitrogens with one attached hydrogen (secondary N) is 1. The van der Waals surface area contributed by atoms with Crippen molar-refractivity contribution in [1.29, 1.82) is 0 Å². The number of urea groups is 1. The molecule has 0 radical (unpaired) electrons. The fourth-order valence-electron chi connectivity index (χ4n) is 2.70. The van der Waals surface area contributed by atoms with E-state index >= 15 is 0 Å². The summed E-state index contributed by atoms with van der Waals surface area (Å²) in [5.41, 5.74) is 1.51. The Bertz CT molecular complexity index is 592. The number of carbonyl (C=O) groups excluding carboxylic acids is 1. The van der Waals surface area contributed by atoms with Crippen LogP contribution in [0.3, 0.4) is 0 Å². The number of hydrogen-bond acceptors (Lipinski definition) is 3. The zero-order chi connectivity index (χ0) is 17.9. The van der Waals surface area contributed by atoms with Gasteiger partial charge in [0, 0.05) is 37.4 Å². The number of hydrogen-bond donors (Lipinski definition) is 1. The predicted molar refractivity (Wildman–Crippen MR) is 85.4 cm³/mol. The molecule has 1 atom stereocenters. The summed E-state index contributed by atoms with van der Waals surface area (Å²) in [5, 5.41) is 2.80. The number of alkyl halides is 3. The first-order valence-corrected chi connectivity index (χ1v) is 7.71. The zero-order valence-electron chi connectivity index (χ0n) is 14.0. The third-order valence-electron chi connectivity index (χ3n) is 4.12. The molecule has 1 aliphatic heterocycles. The minimum Gasteiger partial charge on any atom is -0.497 e. The number of piperazine rings is 1. The van der Waals surface area contributed by atoms with Gasteiger partial charge in [0.25, 0.3) is 0 Å². The Hall–Kier alpha value is -1.96. The fourth-order valence-corrected chi connectivity index (χ4v) is 2.70. The topological polar surface area (TPSA) is 44.8 Å². The number of aryl methyl sites for hydroxylation is 1. The summed E-state index contributed by atoms with van der Waals surface area (Å²) < 4.78 is 42.7. The fraction of sp³-hybridized carbons (Fsp3) is 0.562. The number of amides is 2. The Balaban J connectivity index is 1.97. The van der Waals surface area contributed by atoms with E-state index in [1.165, 1.54) is 16.9 Å². The number of nitrogens with zero attached hydrogens (tertiary/aromatic N) is 2. The second kappa shape index (κ2) is 7.29. The van der Waals surface area contributed by atoms with Crippen molar-refractivity contribution in [3.05, 3.63) is 23.8 Å². The summed E-state index contributed by atoms with van der Waals surface area (Å²) in [7, 11) is 1.54. The maximum absolute atomic E-state index is 12.5. The number of anilines is 1. The minimum absolute atomic E-state index is 0.200. The van der Waals surface area contributed by atoms with E-state index in [1.54, 1.807) is 19.1 Å². The van der Waals surface area contributed by atoms with Gasteiger partial charge in [-0.3, -0.25) is 4.90 Å². The molecule has 5 nitrogen and oxygen atoms in total. The molecule has 1 aromatic rings. The van der Waals surface area contributed by atoms with Crippen LogP contribution in [0, 0.1) is 6.92 Å². The minimum atomic E-state index is -4.23. The Morgan fingerprint density at radius 2 is 2.08 bits per heavy atom. The van der Waals surface area contributed by atoms with Crippen LogP contribution < -0.4 is 10.1 Å². The van der Waals surface area contributed by atoms with Gasteiger partial charge in [-0.2, -0.15) is 13.2 Å². The molecule has 0 spiro atoms. The van der Waals surface area contributed by atoms with E-state index in [2.05, 4.69) is 5.32 Å². The number of halogens is 3. The van der Waals surface area contributed by atoms with Gasteiger partial charge in [-0.05, 0) is 25.5 Å². The second-order valence-corrected chi connectivity index (χ2v) is 5.99. The summed E-state index contributed by atoms with van der Waals surface area (Å²) in [4.78, 5) is 15.3. The smallest absolute Gasteiger partial charge is 0.401 e. The first-order valence-electron chi connectivity index (χ1n) is 7.71. The van der Waals surface area contributed by atoms with Crippen molar-refractivity contribution in [2.45, 2.75) is 26.1 Å². The van der Waals surface area contributed by atoms with Crippen LogP contribution in [-0.4, -0.2) is 61.3 Å². The summed E-state index contributed by atoms with van der Waals surface area (Å²) in [5.74, 6) is 0.624. The number of methoxy groups -OCH3 is 1. The standard InChI is InChI=1S/C16H22F3N3O2/c1-11-4-5-13(24-3)8-14(11)20-15(23)21-6-7-22(12(2)9-21)10-16(17,18)19/h4-5,8,12H,6-7,9-10H2,1-3H3,(H,20,23). The molecular formula is C16H22F3N3O2. The van der Waals surface area contributed by atoms with Gasteiger partial charge in [-0.15, -0.1) is 0 Å². The molecule has 2 amide bonds. The van der Waals surface area contributed by atoms with Crippen molar-refractivity contribution in [1.82, 2.24) is 9.80 Å². The van der Waals surface area contributed by atoms with Gasteiger partial charge < -0.3 is 15.0 Å². The molecule has 0 aromatic heterocycles. The van der Waals surface area contributed by atoms with Gasteiger partial charge in [-0.25, -0.2) is 4.79 Å². The lowest BCUT2D eigenvalue weighted by Gasteiger charge is -2.40. The number of ether oxygens (including phenoxy) is 1. The van der Waals surface area contributed by atoms with Crippen LogP contribution in [0.2, 0.25) is 0 Å². The van der Waals surface area contributed by atoms with Crippen LogP contribution >= 0.6 is 0 Å². The largest absolute Gasteiger partial charge is 0.497 e. The Morgan fingerprint density at radius 3 is 2.67 bits per heavy atom. The van der Waals surface area contributed by atoms with Gasteiger partial charge in [0.15, 0.2) is 0 Å². The van der Waals surface area contributed by atoms with E-state index < -0.39 is 12.7 Å². The van der Waals surface area contributed by atoms with E-state index in [0.29, 0.717) is 11.4 Å². The predicted octanol–water partition coefficient (Wildman–Crippen LogP) is 3.10. The van der Waals surface area contributed by atoms with E-state index in [0.717, 1.165) is 5.56 Å². The van der Waals surface area contributed by atoms with Crippen LogP contribution in [0.5, 0.6) is 5.75 Å². The maximum Gasteiger partial charge on any atom is 0.401 e. The molecule has 0 aliphatic carbocycles. The number of benzene rings is 1. The summed E-state index contributed by atoms with van der Waals surface area (Å²) in [6.45, 7) is 3.32. The second-order valence-electron chi connectivity index (χ2n) is 5.99. The van der Waals surface area contributed by atoms with E-state index in [-0.39, 0.29) is 31.7 Å². The molecule has 1 fully saturated rings. The van der Waals surface area contributed by atoms with Gasteiger partial charge in [0.2, 0.25) is 0 Å². The first-order chi connectivity index (χ1) is 11.2. The van der Waals surface area contributed by atoms with Crippen LogP contribution in [0.15, 0.2) is 18.2 Å². The lowest BCUT2D eigenvalue weighted by atomic mass is 10.2. The lowest BCUT2D eigenvalue weighted by Crippen LogP contribution is -2.56.